The summed E-state index contributed by atoms with van der Waals surface area (Å²) in [6.45, 7) is 1.88. The van der Waals surface area contributed by atoms with Crippen LogP contribution in [-0.2, 0) is 26.6 Å². The quantitative estimate of drug-likeness (QED) is 0.611. The number of hydrogen-bond acceptors (Lipinski definition) is 6. The molecule has 0 atom stereocenters. The van der Waals surface area contributed by atoms with Gasteiger partial charge in [-0.15, -0.1) is 0 Å². The van der Waals surface area contributed by atoms with E-state index in [0.717, 1.165) is 0 Å². The van der Waals surface area contributed by atoms with E-state index in [1.807, 2.05) is 0 Å². The molecule has 0 bridgehead atoms. The number of ether oxygens (including phenoxy) is 1. The highest BCUT2D eigenvalue weighted by atomic mass is 32.2. The summed E-state index contributed by atoms with van der Waals surface area (Å²) in [5.41, 5.74) is 0.716. The molecule has 1 heterocycles. The van der Waals surface area contributed by atoms with Crippen LogP contribution in [0.2, 0.25) is 0 Å². The Morgan fingerprint density at radius 3 is 2.37 bits per heavy atom. The van der Waals surface area contributed by atoms with Crippen molar-refractivity contribution in [3.8, 4) is 5.75 Å². The number of nitrogens with zero attached hydrogens (tertiary/aromatic N) is 2. The van der Waals surface area contributed by atoms with E-state index in [9.17, 15) is 16.8 Å². The van der Waals surface area contributed by atoms with Crippen LogP contribution in [0.5, 0.6) is 5.75 Å². The first-order valence-electron chi connectivity index (χ1n) is 9.69. The van der Waals surface area contributed by atoms with E-state index >= 15 is 0 Å². The van der Waals surface area contributed by atoms with Crippen LogP contribution in [0.15, 0.2) is 59.5 Å². The summed E-state index contributed by atoms with van der Waals surface area (Å²) in [7, 11) is -5.90. The Morgan fingerprint density at radius 1 is 1.00 bits per heavy atom. The van der Waals surface area contributed by atoms with Crippen molar-refractivity contribution in [2.45, 2.75) is 11.4 Å². The van der Waals surface area contributed by atoms with Gasteiger partial charge in [-0.25, -0.2) is 16.8 Å². The summed E-state index contributed by atoms with van der Waals surface area (Å²) in [4.78, 5) is 0.132. The van der Waals surface area contributed by atoms with E-state index in [2.05, 4.69) is 5.32 Å². The van der Waals surface area contributed by atoms with E-state index in [1.54, 1.807) is 42.5 Å². The first-order valence-corrected chi connectivity index (χ1v) is 12.7. The highest BCUT2D eigenvalue weighted by Gasteiger charge is 2.29. The molecule has 0 unspecified atom stereocenters. The molecule has 164 valence electrons. The molecule has 8 nitrogen and oxygen atoms in total. The second-order valence-corrected chi connectivity index (χ2v) is 11.0. The van der Waals surface area contributed by atoms with Crippen LogP contribution in [0.3, 0.4) is 0 Å². The molecule has 2 aromatic carbocycles. The maximum atomic E-state index is 13.3. The Morgan fingerprint density at radius 2 is 1.70 bits per heavy atom. The van der Waals surface area contributed by atoms with Gasteiger partial charge in [-0.2, -0.15) is 8.61 Å². The predicted octanol–water partition coefficient (Wildman–Crippen LogP) is 1.12. The predicted molar refractivity (Wildman–Crippen MR) is 115 cm³/mol. The SMILES string of the molecule is COc1cccc(CN(CCS(=O)(=O)N2CCNCC2)S(=O)(=O)c2ccccc2)c1. The Labute approximate surface area is 178 Å². The molecule has 10 heteroatoms. The summed E-state index contributed by atoms with van der Waals surface area (Å²) in [5, 5.41) is 3.12. The molecule has 0 aliphatic carbocycles. The molecule has 30 heavy (non-hydrogen) atoms. The van der Waals surface area contributed by atoms with Crippen LogP contribution in [0.25, 0.3) is 0 Å². The first-order chi connectivity index (χ1) is 14.3. The average molecular weight is 454 g/mol. The zero-order valence-electron chi connectivity index (χ0n) is 16.9. The van der Waals surface area contributed by atoms with E-state index in [1.165, 1.54) is 27.9 Å². The van der Waals surface area contributed by atoms with Crippen molar-refractivity contribution in [3.05, 3.63) is 60.2 Å². The molecule has 1 aliphatic rings. The Hall–Kier alpha value is -1.98. The minimum atomic E-state index is -3.87. The highest BCUT2D eigenvalue weighted by Crippen LogP contribution is 2.21. The summed E-state index contributed by atoms with van der Waals surface area (Å²) in [6, 6.07) is 15.1. The zero-order valence-corrected chi connectivity index (χ0v) is 18.5. The van der Waals surface area contributed by atoms with Gasteiger partial charge in [-0.1, -0.05) is 30.3 Å². The monoisotopic (exact) mass is 453 g/mol. The molecule has 3 rings (SSSR count). The summed E-state index contributed by atoms with van der Waals surface area (Å²) in [6.07, 6.45) is 0. The Balaban J connectivity index is 1.85. The van der Waals surface area contributed by atoms with Crippen LogP contribution in [-0.4, -0.2) is 71.0 Å². The van der Waals surface area contributed by atoms with Crippen molar-refractivity contribution in [3.63, 3.8) is 0 Å². The number of hydrogen-bond donors (Lipinski definition) is 1. The average Bonchev–Trinajstić information content (AvgIpc) is 2.78. The van der Waals surface area contributed by atoms with Crippen molar-refractivity contribution in [1.82, 2.24) is 13.9 Å². The maximum absolute atomic E-state index is 13.3. The minimum absolute atomic E-state index is 0.0471. The molecule has 0 amide bonds. The van der Waals surface area contributed by atoms with Gasteiger partial charge in [-0.05, 0) is 29.8 Å². The Kier molecular flexibility index (Phi) is 7.48. The fourth-order valence-corrected chi connectivity index (χ4v) is 6.28. The highest BCUT2D eigenvalue weighted by molar-refractivity contribution is 7.90. The van der Waals surface area contributed by atoms with Crippen molar-refractivity contribution < 1.29 is 21.6 Å². The van der Waals surface area contributed by atoms with Gasteiger partial charge in [0.05, 0.1) is 17.8 Å². The summed E-state index contributed by atoms with van der Waals surface area (Å²) >= 11 is 0. The van der Waals surface area contributed by atoms with Crippen LogP contribution < -0.4 is 10.1 Å². The van der Waals surface area contributed by atoms with Gasteiger partial charge in [0.1, 0.15) is 5.75 Å². The van der Waals surface area contributed by atoms with E-state index in [0.29, 0.717) is 37.5 Å². The lowest BCUT2D eigenvalue weighted by Gasteiger charge is -2.28. The maximum Gasteiger partial charge on any atom is 0.243 e. The molecule has 0 spiro atoms. The molecular weight excluding hydrogens is 426 g/mol. The van der Waals surface area contributed by atoms with E-state index in [-0.39, 0.29) is 23.7 Å². The molecule has 0 aromatic heterocycles. The number of sulfonamides is 2. The molecular formula is C20H27N3O5S2. The number of piperazine rings is 1. The number of methoxy groups -OCH3 is 1. The summed E-state index contributed by atoms with van der Waals surface area (Å²) < 4.78 is 59.9. The fraction of sp³-hybridized carbons (Fsp3) is 0.400. The Bertz CT molecular complexity index is 1040. The first kappa shape index (κ1) is 22.7. The molecule has 0 radical (unpaired) electrons. The van der Waals surface area contributed by atoms with E-state index < -0.39 is 20.0 Å². The minimum Gasteiger partial charge on any atom is -0.497 e. The lowest BCUT2D eigenvalue weighted by atomic mass is 10.2. The number of nitrogens with one attached hydrogen (secondary N) is 1. The van der Waals surface area contributed by atoms with Gasteiger partial charge < -0.3 is 10.1 Å². The number of benzene rings is 2. The standard InChI is InChI=1S/C20H27N3O5S2/c1-28-19-7-5-6-18(16-19)17-23(30(26,27)20-8-3-2-4-9-20)14-15-29(24,25)22-12-10-21-11-13-22/h2-9,16,21H,10-15,17H2,1H3. The van der Waals surface area contributed by atoms with Gasteiger partial charge in [0, 0.05) is 39.3 Å². The summed E-state index contributed by atoms with van der Waals surface area (Å²) in [5.74, 6) is 0.334. The van der Waals surface area contributed by atoms with Crippen molar-refractivity contribution in [1.29, 1.82) is 0 Å². The second kappa shape index (κ2) is 9.88. The van der Waals surface area contributed by atoms with Crippen LogP contribution in [0, 0.1) is 0 Å². The molecule has 1 saturated heterocycles. The molecule has 1 fully saturated rings. The van der Waals surface area contributed by atoms with Gasteiger partial charge in [0.25, 0.3) is 0 Å². The van der Waals surface area contributed by atoms with Crippen LogP contribution in [0.4, 0.5) is 0 Å². The van der Waals surface area contributed by atoms with E-state index in [4.69, 9.17) is 4.74 Å². The normalized spacial score (nSPS) is 15.9. The largest absolute Gasteiger partial charge is 0.497 e. The topological polar surface area (TPSA) is 96.0 Å². The van der Waals surface area contributed by atoms with Crippen LogP contribution >= 0.6 is 0 Å². The second-order valence-electron chi connectivity index (χ2n) is 6.97. The smallest absolute Gasteiger partial charge is 0.243 e. The third kappa shape index (κ3) is 5.58. The lowest BCUT2D eigenvalue weighted by Crippen LogP contribution is -2.48. The molecule has 0 saturated carbocycles. The lowest BCUT2D eigenvalue weighted by molar-refractivity contribution is 0.355. The van der Waals surface area contributed by atoms with Crippen molar-refractivity contribution >= 4 is 20.0 Å². The van der Waals surface area contributed by atoms with Crippen molar-refractivity contribution in [2.24, 2.45) is 0 Å². The third-order valence-corrected chi connectivity index (χ3v) is 8.65. The van der Waals surface area contributed by atoms with Gasteiger partial charge in [0.15, 0.2) is 0 Å². The molecule has 1 N–H and O–H groups in total. The number of rotatable bonds is 9. The fourth-order valence-electron chi connectivity index (χ4n) is 3.27. The molecule has 2 aromatic rings. The van der Waals surface area contributed by atoms with Crippen LogP contribution in [0.1, 0.15) is 5.56 Å². The van der Waals surface area contributed by atoms with Crippen molar-refractivity contribution in [2.75, 3.05) is 45.6 Å². The third-order valence-electron chi connectivity index (χ3n) is 4.94. The van der Waals surface area contributed by atoms with Gasteiger partial charge in [-0.3, -0.25) is 0 Å². The van der Waals surface area contributed by atoms with Gasteiger partial charge >= 0.3 is 0 Å². The van der Waals surface area contributed by atoms with Gasteiger partial charge in [0.2, 0.25) is 20.0 Å². The zero-order chi connectivity index (χ0) is 21.6. The molecule has 1 aliphatic heterocycles.